The molecule has 174 valence electrons. The number of likely N-dealkylation sites (tertiary alicyclic amines) is 1. The summed E-state index contributed by atoms with van der Waals surface area (Å²) in [5.41, 5.74) is 1.74. The van der Waals surface area contributed by atoms with E-state index < -0.39 is 12.1 Å². The van der Waals surface area contributed by atoms with Crippen LogP contribution in [0.2, 0.25) is 0 Å². The molecule has 1 aliphatic heterocycles. The van der Waals surface area contributed by atoms with Crippen LogP contribution in [0.15, 0.2) is 30.5 Å². The maximum Gasteiger partial charge on any atom is 0.303 e. The van der Waals surface area contributed by atoms with Gasteiger partial charge in [0.1, 0.15) is 5.75 Å². The van der Waals surface area contributed by atoms with Gasteiger partial charge >= 0.3 is 5.97 Å². The van der Waals surface area contributed by atoms with Crippen LogP contribution < -0.4 is 4.74 Å². The smallest absolute Gasteiger partial charge is 0.303 e. The fourth-order valence-electron chi connectivity index (χ4n) is 5.24. The third-order valence-electron chi connectivity index (χ3n) is 7.41. The van der Waals surface area contributed by atoms with Crippen LogP contribution in [-0.2, 0) is 4.79 Å². The number of nitrogens with zero attached hydrogens (tertiary/aromatic N) is 2. The fourth-order valence-corrected chi connectivity index (χ4v) is 5.24. The zero-order valence-corrected chi connectivity index (χ0v) is 19.1. The summed E-state index contributed by atoms with van der Waals surface area (Å²) < 4.78 is 5.36. The summed E-state index contributed by atoms with van der Waals surface area (Å²) >= 11 is 0. The van der Waals surface area contributed by atoms with Crippen LogP contribution in [0.3, 0.4) is 0 Å². The molecule has 1 aromatic carbocycles. The molecule has 32 heavy (non-hydrogen) atoms. The first kappa shape index (κ1) is 23.0. The summed E-state index contributed by atoms with van der Waals surface area (Å²) in [6, 6.07) is 7.64. The van der Waals surface area contributed by atoms with Gasteiger partial charge in [0.25, 0.3) is 0 Å². The highest BCUT2D eigenvalue weighted by Crippen LogP contribution is 2.37. The zero-order valence-electron chi connectivity index (χ0n) is 19.1. The van der Waals surface area contributed by atoms with E-state index >= 15 is 0 Å². The van der Waals surface area contributed by atoms with Gasteiger partial charge in [0.05, 0.1) is 18.7 Å². The number of hydrogen-bond acceptors (Lipinski definition) is 5. The summed E-state index contributed by atoms with van der Waals surface area (Å²) in [5.74, 6) is 1.82. The van der Waals surface area contributed by atoms with Gasteiger partial charge in [-0.15, -0.1) is 0 Å². The number of carboxylic acid groups (broad SMARTS) is 1. The minimum atomic E-state index is -0.712. The summed E-state index contributed by atoms with van der Waals surface area (Å²) in [6.45, 7) is 3.23. The molecule has 1 aromatic heterocycles. The number of aliphatic hydroxyl groups is 1. The second-order valence-corrected chi connectivity index (χ2v) is 9.65. The second-order valence-electron chi connectivity index (χ2n) is 9.65. The summed E-state index contributed by atoms with van der Waals surface area (Å²) in [4.78, 5) is 18.2. The highest BCUT2D eigenvalue weighted by Gasteiger charge is 2.31. The van der Waals surface area contributed by atoms with E-state index in [1.807, 2.05) is 24.3 Å². The molecule has 2 fully saturated rings. The van der Waals surface area contributed by atoms with Crippen molar-refractivity contribution in [2.75, 3.05) is 26.7 Å². The van der Waals surface area contributed by atoms with Crippen molar-refractivity contribution in [3.05, 3.63) is 36.0 Å². The molecule has 0 radical (unpaired) electrons. The van der Waals surface area contributed by atoms with Crippen molar-refractivity contribution in [1.82, 2.24) is 9.88 Å². The predicted molar refractivity (Wildman–Crippen MR) is 125 cm³/mol. The molecule has 0 amide bonds. The van der Waals surface area contributed by atoms with E-state index in [9.17, 15) is 15.0 Å². The topological polar surface area (TPSA) is 82.9 Å². The quantitative estimate of drug-likeness (QED) is 0.529. The number of aromatic nitrogens is 1. The number of aliphatic hydroxyl groups excluding tert-OH is 1. The largest absolute Gasteiger partial charge is 0.497 e. The zero-order chi connectivity index (χ0) is 22.5. The number of fused-ring (bicyclic) bond motifs is 1. The number of hydrogen-bond donors (Lipinski definition) is 2. The number of aliphatic carboxylic acids is 1. The van der Waals surface area contributed by atoms with Crippen LogP contribution in [0, 0.1) is 17.8 Å². The Balaban J connectivity index is 1.39. The number of benzene rings is 1. The van der Waals surface area contributed by atoms with E-state index in [0.29, 0.717) is 18.3 Å². The number of carbonyl (C=O) groups is 1. The highest BCUT2D eigenvalue weighted by atomic mass is 16.5. The van der Waals surface area contributed by atoms with Gasteiger partial charge in [0.15, 0.2) is 0 Å². The number of ether oxygens (including phenoxy) is 1. The molecule has 6 nitrogen and oxygen atoms in total. The molecular weight excluding hydrogens is 404 g/mol. The lowest BCUT2D eigenvalue weighted by molar-refractivity contribution is -0.137. The first-order valence-electron chi connectivity index (χ1n) is 12.1. The molecule has 6 heteroatoms. The van der Waals surface area contributed by atoms with Gasteiger partial charge in [-0.05, 0) is 92.8 Å². The lowest BCUT2D eigenvalue weighted by atomic mass is 9.79. The van der Waals surface area contributed by atoms with E-state index in [2.05, 4.69) is 9.88 Å². The average molecular weight is 441 g/mol. The van der Waals surface area contributed by atoms with Gasteiger partial charge in [-0.25, -0.2) is 0 Å². The van der Waals surface area contributed by atoms with Gasteiger partial charge in [0, 0.05) is 24.5 Å². The second kappa shape index (κ2) is 10.6. The number of pyridine rings is 1. The Bertz CT molecular complexity index is 914. The van der Waals surface area contributed by atoms with Crippen molar-refractivity contribution in [3.63, 3.8) is 0 Å². The van der Waals surface area contributed by atoms with Crippen molar-refractivity contribution in [2.24, 2.45) is 17.8 Å². The molecule has 2 aliphatic rings. The van der Waals surface area contributed by atoms with Gasteiger partial charge < -0.3 is 19.8 Å². The molecular formula is C26H36N2O4. The van der Waals surface area contributed by atoms with E-state index in [-0.39, 0.29) is 6.42 Å². The number of piperidine rings is 1. The van der Waals surface area contributed by atoms with Crippen molar-refractivity contribution in [2.45, 2.75) is 57.5 Å². The molecule has 3 atom stereocenters. The van der Waals surface area contributed by atoms with E-state index in [0.717, 1.165) is 67.0 Å². The Kier molecular flexibility index (Phi) is 7.63. The van der Waals surface area contributed by atoms with Gasteiger partial charge in [-0.3, -0.25) is 9.78 Å². The van der Waals surface area contributed by atoms with Crippen molar-refractivity contribution >= 4 is 16.9 Å². The summed E-state index contributed by atoms with van der Waals surface area (Å²) in [7, 11) is 1.64. The molecule has 2 aromatic rings. The SMILES string of the molecule is COc1ccc2nccc([C@H](O)CC[C@@H]3CCN(CCC4CC4)C[C@H]3CCC(=O)O)c2c1. The molecule has 4 rings (SSSR count). The molecule has 0 bridgehead atoms. The van der Waals surface area contributed by atoms with Crippen molar-refractivity contribution < 1.29 is 19.7 Å². The fraction of sp³-hybridized carbons (Fsp3) is 0.615. The van der Waals surface area contributed by atoms with Gasteiger partial charge in [0.2, 0.25) is 0 Å². The Morgan fingerprint density at radius 3 is 2.78 bits per heavy atom. The third-order valence-corrected chi connectivity index (χ3v) is 7.41. The Labute approximate surface area is 190 Å². The van der Waals surface area contributed by atoms with E-state index in [1.54, 1.807) is 13.3 Å². The maximum atomic E-state index is 11.2. The molecule has 1 saturated heterocycles. The Morgan fingerprint density at radius 1 is 1.19 bits per heavy atom. The van der Waals surface area contributed by atoms with Crippen LogP contribution in [-0.4, -0.2) is 52.8 Å². The van der Waals surface area contributed by atoms with Crippen LogP contribution in [0.5, 0.6) is 5.75 Å². The minimum absolute atomic E-state index is 0.231. The van der Waals surface area contributed by atoms with Crippen molar-refractivity contribution in [3.8, 4) is 5.75 Å². The van der Waals surface area contributed by atoms with Crippen LogP contribution >= 0.6 is 0 Å². The van der Waals surface area contributed by atoms with Crippen LogP contribution in [0.25, 0.3) is 10.9 Å². The Morgan fingerprint density at radius 2 is 2.03 bits per heavy atom. The summed E-state index contributed by atoms with van der Waals surface area (Å²) in [6.07, 6.45) is 8.86. The molecule has 2 heterocycles. The first-order chi connectivity index (χ1) is 15.5. The normalized spacial score (nSPS) is 22.7. The van der Waals surface area contributed by atoms with Gasteiger partial charge in [-0.1, -0.05) is 12.8 Å². The van der Waals surface area contributed by atoms with Gasteiger partial charge in [-0.2, -0.15) is 0 Å². The first-order valence-corrected chi connectivity index (χ1v) is 12.1. The maximum absolute atomic E-state index is 11.2. The number of carboxylic acids is 1. The van der Waals surface area contributed by atoms with Crippen LogP contribution in [0.4, 0.5) is 0 Å². The molecule has 1 saturated carbocycles. The minimum Gasteiger partial charge on any atom is -0.497 e. The van der Waals surface area contributed by atoms with Crippen LogP contribution in [0.1, 0.15) is 63.0 Å². The molecule has 0 unspecified atom stereocenters. The molecule has 2 N–H and O–H groups in total. The van der Waals surface area contributed by atoms with Crippen molar-refractivity contribution in [1.29, 1.82) is 0 Å². The highest BCUT2D eigenvalue weighted by molar-refractivity contribution is 5.83. The standard InChI is InChI=1S/C26H36N2O4/c1-32-21-6-7-24-23(16-21)22(10-13-27-24)25(29)8-4-19-12-15-28(14-11-18-2-3-18)17-20(19)5-9-26(30)31/h6-7,10,13,16,18-20,25,29H,2-5,8-9,11-12,14-15,17H2,1H3,(H,30,31)/t19-,20-,25-/m1/s1. The van der Waals surface area contributed by atoms with E-state index in [1.165, 1.54) is 19.3 Å². The number of methoxy groups -OCH3 is 1. The molecule has 1 aliphatic carbocycles. The lowest BCUT2D eigenvalue weighted by Crippen LogP contribution is -2.41. The number of rotatable bonds is 11. The lowest BCUT2D eigenvalue weighted by Gasteiger charge is -2.39. The monoisotopic (exact) mass is 440 g/mol. The average Bonchev–Trinajstić information content (AvgIpc) is 3.64. The molecule has 0 spiro atoms. The third kappa shape index (κ3) is 5.99. The Hall–Kier alpha value is -2.18. The predicted octanol–water partition coefficient (Wildman–Crippen LogP) is 4.66. The van der Waals surface area contributed by atoms with E-state index in [4.69, 9.17) is 4.74 Å². The summed E-state index contributed by atoms with van der Waals surface area (Å²) in [5, 5.41) is 21.2.